The summed E-state index contributed by atoms with van der Waals surface area (Å²) in [4.78, 5) is 11.4. The fourth-order valence-corrected chi connectivity index (χ4v) is 2.02. The molecular formula is C16H16O4. The number of phenols is 1. The summed E-state index contributed by atoms with van der Waals surface area (Å²) >= 11 is 0. The zero-order chi connectivity index (χ0) is 14.5. The first-order chi connectivity index (χ1) is 9.58. The van der Waals surface area contributed by atoms with Crippen molar-refractivity contribution in [3.63, 3.8) is 0 Å². The number of phenolic OH excluding ortho intramolecular Hbond substituents is 1. The highest BCUT2D eigenvalue weighted by Crippen LogP contribution is 2.23. The van der Waals surface area contributed by atoms with Crippen LogP contribution in [-0.2, 0) is 4.79 Å². The summed E-state index contributed by atoms with van der Waals surface area (Å²) in [6.07, 6.45) is 0. The average molecular weight is 272 g/mol. The molecule has 2 N–H and O–H groups in total. The Morgan fingerprint density at radius 1 is 1.20 bits per heavy atom. The van der Waals surface area contributed by atoms with Gasteiger partial charge in [0.15, 0.2) is 0 Å². The Morgan fingerprint density at radius 3 is 2.60 bits per heavy atom. The highest BCUT2D eigenvalue weighted by Gasteiger charge is 2.22. The molecule has 4 heteroatoms. The number of ether oxygens (including phenoxy) is 1. The van der Waals surface area contributed by atoms with Crippen LogP contribution < -0.4 is 4.74 Å². The van der Waals surface area contributed by atoms with Crippen LogP contribution in [0.15, 0.2) is 48.5 Å². The van der Waals surface area contributed by atoms with Crippen LogP contribution in [0.4, 0.5) is 0 Å². The third kappa shape index (κ3) is 3.29. The fraction of sp³-hybridized carbons (Fsp3) is 0.188. The van der Waals surface area contributed by atoms with Gasteiger partial charge in [0, 0.05) is 6.07 Å². The molecule has 0 bridgehead atoms. The number of carboxylic acids is 1. The molecular weight excluding hydrogens is 256 g/mol. The molecule has 2 aromatic rings. The van der Waals surface area contributed by atoms with E-state index in [0.29, 0.717) is 5.75 Å². The number of hydrogen-bond acceptors (Lipinski definition) is 3. The van der Waals surface area contributed by atoms with Crippen molar-refractivity contribution in [3.8, 4) is 11.5 Å². The lowest BCUT2D eigenvalue weighted by molar-refractivity contribution is -0.139. The minimum atomic E-state index is -0.931. The molecule has 0 aliphatic carbocycles. The molecule has 2 rings (SSSR count). The molecule has 0 spiro atoms. The second-order valence-electron chi connectivity index (χ2n) is 4.56. The van der Waals surface area contributed by atoms with Gasteiger partial charge in [-0.25, -0.2) is 0 Å². The maximum absolute atomic E-state index is 11.4. The number of carbonyl (C=O) groups is 1. The van der Waals surface area contributed by atoms with Gasteiger partial charge in [-0.05, 0) is 30.2 Å². The number of aliphatic carboxylic acids is 1. The zero-order valence-electron chi connectivity index (χ0n) is 11.1. The standard InChI is InChI=1S/C16H16O4/c1-11-5-2-3-8-14(11)15(16(18)19)10-20-13-7-4-6-12(17)9-13/h2-9,15,17H,10H2,1H3,(H,18,19). The van der Waals surface area contributed by atoms with E-state index >= 15 is 0 Å². The summed E-state index contributed by atoms with van der Waals surface area (Å²) < 4.78 is 5.48. The van der Waals surface area contributed by atoms with Gasteiger partial charge in [0.1, 0.15) is 24.0 Å². The molecule has 0 amide bonds. The number of benzene rings is 2. The molecule has 2 aromatic carbocycles. The predicted molar refractivity (Wildman–Crippen MR) is 75.2 cm³/mol. The van der Waals surface area contributed by atoms with Crippen LogP contribution in [0.5, 0.6) is 11.5 Å². The lowest BCUT2D eigenvalue weighted by Crippen LogP contribution is -2.20. The Balaban J connectivity index is 2.15. The smallest absolute Gasteiger partial charge is 0.314 e. The number of rotatable bonds is 5. The van der Waals surface area contributed by atoms with Gasteiger partial charge in [-0.3, -0.25) is 4.79 Å². The molecule has 20 heavy (non-hydrogen) atoms. The lowest BCUT2D eigenvalue weighted by Gasteiger charge is -2.16. The highest BCUT2D eigenvalue weighted by molar-refractivity contribution is 5.76. The van der Waals surface area contributed by atoms with Gasteiger partial charge < -0.3 is 14.9 Å². The number of aryl methyl sites for hydroxylation is 1. The second kappa shape index (κ2) is 6.10. The molecule has 1 unspecified atom stereocenters. The van der Waals surface area contributed by atoms with E-state index in [1.807, 2.05) is 25.1 Å². The molecule has 4 nitrogen and oxygen atoms in total. The van der Waals surface area contributed by atoms with Gasteiger partial charge in [0.25, 0.3) is 0 Å². The van der Waals surface area contributed by atoms with Crippen LogP contribution >= 0.6 is 0 Å². The van der Waals surface area contributed by atoms with E-state index in [-0.39, 0.29) is 12.4 Å². The third-order valence-corrected chi connectivity index (χ3v) is 3.10. The lowest BCUT2D eigenvalue weighted by atomic mass is 9.96. The molecule has 0 heterocycles. The van der Waals surface area contributed by atoms with E-state index in [0.717, 1.165) is 11.1 Å². The van der Waals surface area contributed by atoms with Crippen LogP contribution in [0, 0.1) is 6.92 Å². The molecule has 0 aliphatic heterocycles. The Labute approximate surface area is 117 Å². The predicted octanol–water partition coefficient (Wildman–Crippen LogP) is 2.95. The van der Waals surface area contributed by atoms with E-state index in [4.69, 9.17) is 4.74 Å². The SMILES string of the molecule is Cc1ccccc1C(COc1cccc(O)c1)C(=O)O. The van der Waals surface area contributed by atoms with Crippen molar-refractivity contribution in [2.24, 2.45) is 0 Å². The first kappa shape index (κ1) is 13.9. The van der Waals surface area contributed by atoms with Crippen molar-refractivity contribution in [1.82, 2.24) is 0 Å². The summed E-state index contributed by atoms with van der Waals surface area (Å²) in [5.74, 6) is -1.13. The summed E-state index contributed by atoms with van der Waals surface area (Å²) in [7, 11) is 0. The van der Waals surface area contributed by atoms with Gasteiger partial charge in [-0.15, -0.1) is 0 Å². The molecule has 0 fully saturated rings. The minimum Gasteiger partial charge on any atom is -0.508 e. The fourth-order valence-electron chi connectivity index (χ4n) is 2.02. The number of aromatic hydroxyl groups is 1. The Bertz CT molecular complexity index is 607. The molecule has 104 valence electrons. The van der Waals surface area contributed by atoms with Crippen molar-refractivity contribution in [2.45, 2.75) is 12.8 Å². The van der Waals surface area contributed by atoms with E-state index in [1.54, 1.807) is 18.2 Å². The first-order valence-electron chi connectivity index (χ1n) is 6.28. The van der Waals surface area contributed by atoms with Crippen molar-refractivity contribution in [2.75, 3.05) is 6.61 Å². The Kier molecular flexibility index (Phi) is 4.25. The summed E-state index contributed by atoms with van der Waals surface area (Å²) in [6.45, 7) is 1.89. The van der Waals surface area contributed by atoms with Gasteiger partial charge in [-0.1, -0.05) is 30.3 Å². The number of hydrogen-bond donors (Lipinski definition) is 2. The Hall–Kier alpha value is -2.49. The van der Waals surface area contributed by atoms with Crippen LogP contribution in [0.1, 0.15) is 17.0 Å². The monoisotopic (exact) mass is 272 g/mol. The second-order valence-corrected chi connectivity index (χ2v) is 4.56. The maximum Gasteiger partial charge on any atom is 0.314 e. The molecule has 0 aromatic heterocycles. The van der Waals surface area contributed by atoms with Gasteiger partial charge in [0.2, 0.25) is 0 Å². The van der Waals surface area contributed by atoms with Crippen molar-refractivity contribution in [3.05, 3.63) is 59.7 Å². The quantitative estimate of drug-likeness (QED) is 0.878. The van der Waals surface area contributed by atoms with Crippen molar-refractivity contribution < 1.29 is 19.7 Å². The molecule has 0 saturated heterocycles. The maximum atomic E-state index is 11.4. The topological polar surface area (TPSA) is 66.8 Å². The third-order valence-electron chi connectivity index (χ3n) is 3.10. The van der Waals surface area contributed by atoms with Crippen LogP contribution in [-0.4, -0.2) is 22.8 Å². The molecule has 1 atom stereocenters. The minimum absolute atomic E-state index is 0.0175. The van der Waals surface area contributed by atoms with Crippen molar-refractivity contribution in [1.29, 1.82) is 0 Å². The Morgan fingerprint density at radius 2 is 1.95 bits per heavy atom. The molecule has 0 aliphatic rings. The number of carboxylic acid groups (broad SMARTS) is 1. The molecule has 0 saturated carbocycles. The van der Waals surface area contributed by atoms with E-state index in [9.17, 15) is 15.0 Å². The average Bonchev–Trinajstić information content (AvgIpc) is 2.40. The largest absolute Gasteiger partial charge is 0.508 e. The zero-order valence-corrected chi connectivity index (χ0v) is 11.1. The molecule has 0 radical (unpaired) electrons. The van der Waals surface area contributed by atoms with E-state index < -0.39 is 11.9 Å². The van der Waals surface area contributed by atoms with Gasteiger partial charge in [-0.2, -0.15) is 0 Å². The first-order valence-corrected chi connectivity index (χ1v) is 6.28. The van der Waals surface area contributed by atoms with E-state index in [2.05, 4.69) is 0 Å². The summed E-state index contributed by atoms with van der Waals surface area (Å²) in [6, 6.07) is 13.7. The van der Waals surface area contributed by atoms with Gasteiger partial charge in [0.05, 0.1) is 0 Å². The summed E-state index contributed by atoms with van der Waals surface area (Å²) in [5, 5.41) is 18.7. The van der Waals surface area contributed by atoms with Crippen LogP contribution in [0.2, 0.25) is 0 Å². The van der Waals surface area contributed by atoms with E-state index in [1.165, 1.54) is 12.1 Å². The van der Waals surface area contributed by atoms with Crippen LogP contribution in [0.25, 0.3) is 0 Å². The van der Waals surface area contributed by atoms with Gasteiger partial charge >= 0.3 is 5.97 Å². The highest BCUT2D eigenvalue weighted by atomic mass is 16.5. The normalized spacial score (nSPS) is 11.8. The van der Waals surface area contributed by atoms with Crippen molar-refractivity contribution >= 4 is 5.97 Å². The van der Waals surface area contributed by atoms with Crippen LogP contribution in [0.3, 0.4) is 0 Å². The summed E-state index contributed by atoms with van der Waals surface area (Å²) in [5.41, 5.74) is 1.65.